The van der Waals surface area contributed by atoms with Crippen molar-refractivity contribution in [2.75, 3.05) is 13.2 Å². The van der Waals surface area contributed by atoms with Crippen molar-refractivity contribution in [2.24, 2.45) is 0 Å². The largest absolute Gasteiger partial charge is 0.465 e. The fourth-order valence-corrected chi connectivity index (χ4v) is 1.66. The minimum absolute atomic E-state index is 0.0376. The maximum absolute atomic E-state index is 11.6. The van der Waals surface area contributed by atoms with Gasteiger partial charge in [-0.1, -0.05) is 20.8 Å². The molecule has 1 atom stereocenters. The Morgan fingerprint density at radius 2 is 1.88 bits per heavy atom. The van der Waals surface area contributed by atoms with E-state index in [0.29, 0.717) is 13.0 Å². The lowest BCUT2D eigenvalue weighted by atomic mass is 9.92. The quantitative estimate of drug-likeness (QED) is 0.621. The highest BCUT2D eigenvalue weighted by atomic mass is 16.5. The van der Waals surface area contributed by atoms with Crippen LogP contribution in [-0.2, 0) is 9.53 Å². The van der Waals surface area contributed by atoms with Gasteiger partial charge in [0.15, 0.2) is 0 Å². The van der Waals surface area contributed by atoms with E-state index in [4.69, 9.17) is 4.74 Å². The zero-order valence-electron chi connectivity index (χ0n) is 10.9. The van der Waals surface area contributed by atoms with Crippen LogP contribution in [-0.4, -0.2) is 35.9 Å². The summed E-state index contributed by atoms with van der Waals surface area (Å²) >= 11 is 0. The molecule has 0 saturated carbocycles. The highest BCUT2D eigenvalue weighted by Crippen LogP contribution is 2.16. The molecule has 0 saturated heterocycles. The summed E-state index contributed by atoms with van der Waals surface area (Å²) in [7, 11) is 0. The second kappa shape index (κ2) is 7.63. The normalized spacial score (nSPS) is 13.6. The standard InChI is InChI=1S/C12H25NO3/c1-5-10(11(15)16-8-4)13-12(6-2,7-3)9-14/h10,13-14H,5-9H2,1-4H3. The number of nitrogens with one attached hydrogen (secondary N) is 1. The number of carbonyl (C=O) groups excluding carboxylic acids is 1. The van der Waals surface area contributed by atoms with Crippen molar-refractivity contribution in [2.45, 2.75) is 58.5 Å². The van der Waals surface area contributed by atoms with Gasteiger partial charge < -0.3 is 9.84 Å². The van der Waals surface area contributed by atoms with Crippen molar-refractivity contribution in [1.82, 2.24) is 5.32 Å². The minimum Gasteiger partial charge on any atom is -0.465 e. The van der Waals surface area contributed by atoms with Crippen LogP contribution in [0.3, 0.4) is 0 Å². The Morgan fingerprint density at radius 1 is 1.31 bits per heavy atom. The van der Waals surface area contributed by atoms with E-state index in [1.54, 1.807) is 6.92 Å². The first-order valence-electron chi connectivity index (χ1n) is 6.14. The first-order chi connectivity index (χ1) is 7.59. The highest BCUT2D eigenvalue weighted by molar-refractivity contribution is 5.75. The summed E-state index contributed by atoms with van der Waals surface area (Å²) in [6, 6.07) is -0.327. The molecule has 2 N–H and O–H groups in total. The summed E-state index contributed by atoms with van der Waals surface area (Å²) in [6.45, 7) is 8.16. The van der Waals surface area contributed by atoms with Crippen molar-refractivity contribution in [3.8, 4) is 0 Å². The van der Waals surface area contributed by atoms with E-state index in [1.165, 1.54) is 0 Å². The van der Waals surface area contributed by atoms with Crippen LogP contribution in [0.5, 0.6) is 0 Å². The fraction of sp³-hybridized carbons (Fsp3) is 0.917. The van der Waals surface area contributed by atoms with Crippen molar-refractivity contribution < 1.29 is 14.6 Å². The van der Waals surface area contributed by atoms with Crippen LogP contribution in [0, 0.1) is 0 Å². The van der Waals surface area contributed by atoms with Crippen LogP contribution in [0.1, 0.15) is 47.0 Å². The van der Waals surface area contributed by atoms with Gasteiger partial charge in [-0.15, -0.1) is 0 Å². The Hall–Kier alpha value is -0.610. The predicted molar refractivity (Wildman–Crippen MR) is 64.2 cm³/mol. The van der Waals surface area contributed by atoms with Crippen molar-refractivity contribution >= 4 is 5.97 Å². The number of hydrogen-bond acceptors (Lipinski definition) is 4. The topological polar surface area (TPSA) is 58.6 Å². The van der Waals surface area contributed by atoms with Gasteiger partial charge in [0.2, 0.25) is 0 Å². The van der Waals surface area contributed by atoms with Gasteiger partial charge in [0.1, 0.15) is 6.04 Å². The van der Waals surface area contributed by atoms with E-state index >= 15 is 0 Å². The monoisotopic (exact) mass is 231 g/mol. The molecular formula is C12H25NO3. The Morgan fingerprint density at radius 3 is 2.19 bits per heavy atom. The van der Waals surface area contributed by atoms with Crippen molar-refractivity contribution in [3.63, 3.8) is 0 Å². The summed E-state index contributed by atoms with van der Waals surface area (Å²) in [6.07, 6.45) is 2.24. The number of ether oxygens (including phenoxy) is 1. The van der Waals surface area contributed by atoms with Crippen LogP contribution in [0.15, 0.2) is 0 Å². The van der Waals surface area contributed by atoms with Crippen LogP contribution in [0.2, 0.25) is 0 Å². The SMILES string of the molecule is CCOC(=O)C(CC)NC(CC)(CC)CO. The number of carbonyl (C=O) groups is 1. The molecular weight excluding hydrogens is 206 g/mol. The molecule has 0 heterocycles. The highest BCUT2D eigenvalue weighted by Gasteiger charge is 2.30. The third-order valence-corrected chi connectivity index (χ3v) is 3.12. The lowest BCUT2D eigenvalue weighted by molar-refractivity contribution is -0.146. The Balaban J connectivity index is 4.54. The maximum Gasteiger partial charge on any atom is 0.323 e. The Labute approximate surface area is 98.4 Å². The summed E-state index contributed by atoms with van der Waals surface area (Å²) in [4.78, 5) is 11.6. The molecule has 0 rings (SSSR count). The third-order valence-electron chi connectivity index (χ3n) is 3.12. The number of hydrogen-bond donors (Lipinski definition) is 2. The van der Waals surface area contributed by atoms with E-state index in [1.807, 2.05) is 20.8 Å². The predicted octanol–water partition coefficient (Wildman–Crippen LogP) is 1.47. The lowest BCUT2D eigenvalue weighted by Gasteiger charge is -2.34. The molecule has 4 nitrogen and oxygen atoms in total. The zero-order valence-corrected chi connectivity index (χ0v) is 10.9. The van der Waals surface area contributed by atoms with Gasteiger partial charge in [-0.05, 0) is 26.2 Å². The number of esters is 1. The molecule has 0 aliphatic rings. The smallest absolute Gasteiger partial charge is 0.323 e. The van der Waals surface area contributed by atoms with Crippen LogP contribution < -0.4 is 5.32 Å². The Kier molecular flexibility index (Phi) is 7.34. The number of rotatable bonds is 8. The molecule has 0 radical (unpaired) electrons. The lowest BCUT2D eigenvalue weighted by Crippen LogP contribution is -2.55. The molecule has 0 spiro atoms. The summed E-state index contributed by atoms with van der Waals surface area (Å²) in [5, 5.41) is 12.6. The van der Waals surface area contributed by atoms with Gasteiger partial charge in [-0.2, -0.15) is 0 Å². The molecule has 0 aromatic rings. The van der Waals surface area contributed by atoms with Crippen LogP contribution in [0.4, 0.5) is 0 Å². The average molecular weight is 231 g/mol. The van der Waals surface area contributed by atoms with Gasteiger partial charge in [0.05, 0.1) is 13.2 Å². The van der Waals surface area contributed by atoms with Gasteiger partial charge in [-0.3, -0.25) is 10.1 Å². The van der Waals surface area contributed by atoms with E-state index < -0.39 is 0 Å². The fourth-order valence-electron chi connectivity index (χ4n) is 1.66. The summed E-state index contributed by atoms with van der Waals surface area (Å²) in [5.41, 5.74) is -0.368. The molecule has 4 heteroatoms. The van der Waals surface area contributed by atoms with E-state index in [0.717, 1.165) is 12.8 Å². The van der Waals surface area contributed by atoms with Crippen LogP contribution in [0.25, 0.3) is 0 Å². The second-order valence-electron chi connectivity index (χ2n) is 4.00. The van der Waals surface area contributed by atoms with E-state index in [-0.39, 0.29) is 24.2 Å². The first-order valence-corrected chi connectivity index (χ1v) is 6.14. The zero-order chi connectivity index (χ0) is 12.6. The molecule has 16 heavy (non-hydrogen) atoms. The Bertz CT molecular complexity index is 194. The van der Waals surface area contributed by atoms with E-state index in [9.17, 15) is 9.90 Å². The van der Waals surface area contributed by atoms with Gasteiger partial charge in [0.25, 0.3) is 0 Å². The number of aliphatic hydroxyl groups excluding tert-OH is 1. The third kappa shape index (κ3) is 4.10. The second-order valence-corrected chi connectivity index (χ2v) is 4.00. The van der Waals surface area contributed by atoms with E-state index in [2.05, 4.69) is 5.32 Å². The van der Waals surface area contributed by atoms with Crippen LogP contribution >= 0.6 is 0 Å². The summed E-state index contributed by atoms with van der Waals surface area (Å²) < 4.78 is 4.99. The van der Waals surface area contributed by atoms with Gasteiger partial charge in [-0.25, -0.2) is 0 Å². The molecule has 0 amide bonds. The summed E-state index contributed by atoms with van der Waals surface area (Å²) in [5.74, 6) is -0.232. The maximum atomic E-state index is 11.6. The molecule has 0 aliphatic carbocycles. The average Bonchev–Trinajstić information content (AvgIpc) is 2.32. The van der Waals surface area contributed by atoms with Crippen molar-refractivity contribution in [3.05, 3.63) is 0 Å². The molecule has 0 aromatic heterocycles. The van der Waals surface area contributed by atoms with Gasteiger partial charge >= 0.3 is 5.97 Å². The molecule has 0 fully saturated rings. The molecule has 96 valence electrons. The molecule has 0 bridgehead atoms. The molecule has 0 aliphatic heterocycles. The molecule has 0 aromatic carbocycles. The molecule has 1 unspecified atom stereocenters. The minimum atomic E-state index is -0.368. The first kappa shape index (κ1) is 15.4. The number of aliphatic hydroxyl groups is 1. The van der Waals surface area contributed by atoms with Gasteiger partial charge in [0, 0.05) is 5.54 Å². The van der Waals surface area contributed by atoms with Crippen molar-refractivity contribution in [1.29, 1.82) is 0 Å².